The summed E-state index contributed by atoms with van der Waals surface area (Å²) in [5, 5.41) is 0. The second-order valence-electron chi connectivity index (χ2n) is 4.09. The number of ketones is 1. The number of carbonyl (C=O) groups excluding carboxylic acids is 1. The summed E-state index contributed by atoms with van der Waals surface area (Å²) in [4.78, 5) is 27.8. The fraction of sp³-hybridized carbons (Fsp3) is 0.154. The molecule has 0 spiro atoms. The van der Waals surface area contributed by atoms with Crippen molar-refractivity contribution in [2.75, 3.05) is 0 Å². The lowest BCUT2D eigenvalue weighted by atomic mass is 10.1. The number of aromatic nitrogens is 2. The highest BCUT2D eigenvalue weighted by Gasteiger charge is 2.15. The van der Waals surface area contributed by atoms with Crippen molar-refractivity contribution >= 4 is 21.7 Å². The molecule has 20 heavy (non-hydrogen) atoms. The molecule has 4 nitrogen and oxygen atoms in total. The fourth-order valence-electron chi connectivity index (χ4n) is 1.68. The Morgan fingerprint density at radius 3 is 2.75 bits per heavy atom. The Labute approximate surface area is 121 Å². The van der Waals surface area contributed by atoms with Crippen molar-refractivity contribution in [3.63, 3.8) is 0 Å². The number of hydrogen-bond acceptors (Lipinski definition) is 3. The Morgan fingerprint density at radius 1 is 1.40 bits per heavy atom. The molecule has 0 saturated heterocycles. The molecular formula is C13H9BrF2N2O2. The van der Waals surface area contributed by atoms with Crippen LogP contribution in [0.25, 0.3) is 0 Å². The van der Waals surface area contributed by atoms with Gasteiger partial charge in [-0.1, -0.05) is 0 Å². The number of benzene rings is 1. The van der Waals surface area contributed by atoms with Crippen molar-refractivity contribution in [1.29, 1.82) is 0 Å². The highest BCUT2D eigenvalue weighted by molar-refractivity contribution is 9.10. The van der Waals surface area contributed by atoms with Gasteiger partial charge in [-0.05, 0) is 35.0 Å². The molecule has 0 aliphatic heterocycles. The Kier molecular flexibility index (Phi) is 4.08. The van der Waals surface area contributed by atoms with E-state index in [4.69, 9.17) is 0 Å². The van der Waals surface area contributed by atoms with Gasteiger partial charge in [0.15, 0.2) is 5.78 Å². The number of hydrogen-bond donors (Lipinski definition) is 0. The molecule has 1 aromatic heterocycles. The topological polar surface area (TPSA) is 52.0 Å². The van der Waals surface area contributed by atoms with E-state index >= 15 is 0 Å². The van der Waals surface area contributed by atoms with Gasteiger partial charge in [-0.3, -0.25) is 14.2 Å². The van der Waals surface area contributed by atoms with Crippen molar-refractivity contribution < 1.29 is 13.6 Å². The summed E-state index contributed by atoms with van der Waals surface area (Å²) < 4.78 is 27.6. The second-order valence-corrected chi connectivity index (χ2v) is 4.95. The van der Waals surface area contributed by atoms with Crippen LogP contribution in [-0.4, -0.2) is 15.3 Å². The maximum atomic E-state index is 13.5. The molecule has 7 heteroatoms. The van der Waals surface area contributed by atoms with E-state index in [-0.39, 0.29) is 16.6 Å². The van der Waals surface area contributed by atoms with Gasteiger partial charge in [0, 0.05) is 12.3 Å². The SMILES string of the molecule is Cc1ncc(Br)c(=O)n1CC(=O)c1ccc(F)cc1F. The van der Waals surface area contributed by atoms with E-state index in [9.17, 15) is 18.4 Å². The lowest BCUT2D eigenvalue weighted by Crippen LogP contribution is -2.28. The Morgan fingerprint density at radius 2 is 2.10 bits per heavy atom. The zero-order valence-corrected chi connectivity index (χ0v) is 11.9. The van der Waals surface area contributed by atoms with Crippen molar-refractivity contribution in [2.24, 2.45) is 0 Å². The lowest BCUT2D eigenvalue weighted by molar-refractivity contribution is 0.0965. The zero-order chi connectivity index (χ0) is 14.9. The van der Waals surface area contributed by atoms with Gasteiger partial charge in [0.1, 0.15) is 21.9 Å². The van der Waals surface area contributed by atoms with Gasteiger partial charge in [0.2, 0.25) is 0 Å². The minimum atomic E-state index is -0.955. The van der Waals surface area contributed by atoms with E-state index in [1.54, 1.807) is 6.92 Å². The first-order chi connectivity index (χ1) is 9.40. The summed E-state index contributed by atoms with van der Waals surface area (Å²) in [6.07, 6.45) is 1.33. The quantitative estimate of drug-likeness (QED) is 0.805. The summed E-state index contributed by atoms with van der Waals surface area (Å²) in [7, 11) is 0. The Balaban J connectivity index is 2.38. The molecule has 2 rings (SSSR count). The summed E-state index contributed by atoms with van der Waals surface area (Å²) in [6, 6.07) is 2.67. The highest BCUT2D eigenvalue weighted by atomic mass is 79.9. The molecule has 1 aromatic carbocycles. The number of rotatable bonds is 3. The maximum absolute atomic E-state index is 13.5. The van der Waals surface area contributed by atoms with E-state index in [2.05, 4.69) is 20.9 Å². The average Bonchev–Trinajstić information content (AvgIpc) is 2.39. The highest BCUT2D eigenvalue weighted by Crippen LogP contribution is 2.11. The van der Waals surface area contributed by atoms with E-state index < -0.39 is 23.0 Å². The molecule has 0 unspecified atom stereocenters. The molecule has 0 saturated carbocycles. The molecule has 0 atom stereocenters. The predicted molar refractivity (Wildman–Crippen MR) is 71.6 cm³/mol. The lowest BCUT2D eigenvalue weighted by Gasteiger charge is -2.09. The standard InChI is InChI=1S/C13H9BrF2N2O2/c1-7-17-5-10(14)13(20)18(7)6-12(19)9-3-2-8(15)4-11(9)16/h2-5H,6H2,1H3. The Hall–Kier alpha value is -1.89. The van der Waals surface area contributed by atoms with Crippen LogP contribution in [0.15, 0.2) is 33.7 Å². The van der Waals surface area contributed by atoms with Crippen molar-refractivity contribution in [1.82, 2.24) is 9.55 Å². The third kappa shape index (κ3) is 2.82. The summed E-state index contributed by atoms with van der Waals surface area (Å²) >= 11 is 3.02. The summed E-state index contributed by atoms with van der Waals surface area (Å²) in [5.74, 6) is -2.03. The smallest absolute Gasteiger partial charge is 0.268 e. The van der Waals surface area contributed by atoms with Crippen LogP contribution in [0.4, 0.5) is 8.78 Å². The monoisotopic (exact) mass is 342 g/mol. The number of Topliss-reactive ketones (excluding diaryl/α,β-unsaturated/α-hetero) is 1. The molecule has 0 N–H and O–H groups in total. The predicted octanol–water partition coefficient (Wildman–Crippen LogP) is 2.48. The van der Waals surface area contributed by atoms with Crippen LogP contribution in [-0.2, 0) is 6.54 Å². The molecule has 2 aromatic rings. The van der Waals surface area contributed by atoms with Crippen molar-refractivity contribution in [3.8, 4) is 0 Å². The first kappa shape index (κ1) is 14.5. The van der Waals surface area contributed by atoms with Gasteiger partial charge in [-0.2, -0.15) is 0 Å². The molecule has 0 radical (unpaired) electrons. The summed E-state index contributed by atoms with van der Waals surface area (Å²) in [5.41, 5.74) is -0.703. The second kappa shape index (κ2) is 5.62. The van der Waals surface area contributed by atoms with Crippen LogP contribution in [0, 0.1) is 18.6 Å². The molecule has 0 amide bonds. The molecule has 0 aliphatic carbocycles. The average molecular weight is 343 g/mol. The number of aryl methyl sites for hydroxylation is 1. The summed E-state index contributed by atoms with van der Waals surface area (Å²) in [6.45, 7) is 1.20. The van der Waals surface area contributed by atoms with Crippen LogP contribution >= 0.6 is 15.9 Å². The van der Waals surface area contributed by atoms with Crippen LogP contribution in [0.3, 0.4) is 0 Å². The van der Waals surface area contributed by atoms with Gasteiger partial charge in [-0.25, -0.2) is 13.8 Å². The van der Waals surface area contributed by atoms with Gasteiger partial charge in [0.25, 0.3) is 5.56 Å². The minimum absolute atomic E-state index is 0.204. The Bertz CT molecular complexity index is 744. The van der Waals surface area contributed by atoms with Crippen LogP contribution in [0.1, 0.15) is 16.2 Å². The zero-order valence-electron chi connectivity index (χ0n) is 10.4. The first-order valence-corrected chi connectivity index (χ1v) is 6.39. The van der Waals surface area contributed by atoms with Gasteiger partial charge in [0.05, 0.1) is 12.1 Å². The first-order valence-electron chi connectivity index (χ1n) is 5.60. The van der Waals surface area contributed by atoms with Crippen LogP contribution in [0.5, 0.6) is 0 Å². The molecule has 104 valence electrons. The molecule has 0 bridgehead atoms. The van der Waals surface area contributed by atoms with E-state index in [0.29, 0.717) is 11.9 Å². The maximum Gasteiger partial charge on any atom is 0.268 e. The van der Waals surface area contributed by atoms with Crippen molar-refractivity contribution in [2.45, 2.75) is 13.5 Å². The molecule has 1 heterocycles. The van der Waals surface area contributed by atoms with Gasteiger partial charge < -0.3 is 0 Å². The molecule has 0 aliphatic rings. The van der Waals surface area contributed by atoms with Gasteiger partial charge in [-0.15, -0.1) is 0 Å². The third-order valence-corrected chi connectivity index (χ3v) is 3.28. The molecule has 0 fully saturated rings. The molecular weight excluding hydrogens is 334 g/mol. The van der Waals surface area contributed by atoms with Gasteiger partial charge >= 0.3 is 0 Å². The minimum Gasteiger partial charge on any atom is -0.292 e. The van der Waals surface area contributed by atoms with Crippen LogP contribution in [0.2, 0.25) is 0 Å². The third-order valence-electron chi connectivity index (χ3n) is 2.74. The fourth-order valence-corrected chi connectivity index (χ4v) is 2.00. The number of nitrogens with zero attached hydrogens (tertiary/aromatic N) is 2. The van der Waals surface area contributed by atoms with E-state index in [0.717, 1.165) is 16.7 Å². The largest absolute Gasteiger partial charge is 0.292 e. The van der Waals surface area contributed by atoms with Crippen molar-refractivity contribution in [3.05, 3.63) is 62.2 Å². The number of carbonyl (C=O) groups is 1. The normalized spacial score (nSPS) is 10.6. The number of halogens is 3. The van der Waals surface area contributed by atoms with E-state index in [1.807, 2.05) is 0 Å². The van der Waals surface area contributed by atoms with Crippen LogP contribution < -0.4 is 5.56 Å². The van der Waals surface area contributed by atoms with E-state index in [1.165, 1.54) is 6.20 Å².